The molecule has 1 unspecified atom stereocenters. The summed E-state index contributed by atoms with van der Waals surface area (Å²) in [7, 11) is 2.07. The van der Waals surface area contributed by atoms with Crippen molar-refractivity contribution in [3.63, 3.8) is 0 Å². The minimum absolute atomic E-state index is 0.0519. The first-order valence-corrected chi connectivity index (χ1v) is 15.8. The number of carbonyl (C=O) groups excluding carboxylic acids is 3. The summed E-state index contributed by atoms with van der Waals surface area (Å²) in [6.07, 6.45) is 12.7. The number of unbranched alkanes of at least 4 members (excludes halogenated alkanes) is 1. The zero-order valence-corrected chi connectivity index (χ0v) is 26.1. The number of benzene rings is 2. The van der Waals surface area contributed by atoms with E-state index in [1.165, 1.54) is 51.5 Å². The van der Waals surface area contributed by atoms with Gasteiger partial charge in [0.15, 0.2) is 13.2 Å². The topological polar surface area (TPSA) is 146 Å². The number of aliphatic hydroxyl groups is 2. The third-order valence-corrected chi connectivity index (χ3v) is 7.44. The summed E-state index contributed by atoms with van der Waals surface area (Å²) in [5, 5.41) is 26.7. The molecule has 2 aromatic rings. The molecule has 44 heavy (non-hydrogen) atoms. The number of amides is 2. The van der Waals surface area contributed by atoms with Crippen LogP contribution < -0.4 is 25.4 Å². The Hall–Kier alpha value is -3.47. The van der Waals surface area contributed by atoms with Crippen molar-refractivity contribution >= 4 is 18.1 Å². The molecule has 1 aliphatic carbocycles. The Labute approximate surface area is 261 Å². The van der Waals surface area contributed by atoms with Crippen molar-refractivity contribution in [3.05, 3.63) is 59.7 Å². The van der Waals surface area contributed by atoms with Gasteiger partial charge < -0.3 is 40.4 Å². The Kier molecular flexibility index (Phi) is 19.2. The van der Waals surface area contributed by atoms with Gasteiger partial charge in [-0.3, -0.25) is 9.59 Å². The predicted molar refractivity (Wildman–Crippen MR) is 170 cm³/mol. The number of carbonyl (C=O) groups is 3. The number of nitrogens with one attached hydrogen (secondary N) is 3. The highest BCUT2D eigenvalue weighted by molar-refractivity contribution is 5.80. The highest BCUT2D eigenvalue weighted by Gasteiger charge is 2.12. The summed E-state index contributed by atoms with van der Waals surface area (Å²) in [4.78, 5) is 35.1. The summed E-state index contributed by atoms with van der Waals surface area (Å²) in [5.41, 5.74) is 1.50. The minimum Gasteiger partial charge on any atom is -0.484 e. The summed E-state index contributed by atoms with van der Waals surface area (Å²) < 4.78 is 10.7. The molecule has 0 aromatic heterocycles. The first kappa shape index (κ1) is 36.7. The van der Waals surface area contributed by atoms with Crippen molar-refractivity contribution in [1.29, 1.82) is 0 Å². The van der Waals surface area contributed by atoms with Crippen molar-refractivity contribution < 1.29 is 34.1 Å². The third kappa shape index (κ3) is 16.4. The largest absolute Gasteiger partial charge is 0.484 e. The number of ether oxygens (including phenoxy) is 2. The molecule has 0 spiro atoms. The van der Waals surface area contributed by atoms with Crippen molar-refractivity contribution in [2.75, 3.05) is 33.4 Å². The van der Waals surface area contributed by atoms with E-state index in [9.17, 15) is 14.4 Å². The molecule has 0 aliphatic heterocycles. The summed E-state index contributed by atoms with van der Waals surface area (Å²) in [6.45, 7) is 1.21. The van der Waals surface area contributed by atoms with Crippen LogP contribution in [-0.2, 0) is 27.6 Å². The van der Waals surface area contributed by atoms with Crippen LogP contribution in [0.15, 0.2) is 48.5 Å². The van der Waals surface area contributed by atoms with E-state index < -0.39 is 11.9 Å². The van der Waals surface area contributed by atoms with Crippen LogP contribution in [0.25, 0.3) is 0 Å². The van der Waals surface area contributed by atoms with Crippen LogP contribution in [0.1, 0.15) is 75.3 Å². The maximum Gasteiger partial charge on any atom is 0.258 e. The van der Waals surface area contributed by atoms with E-state index in [1.807, 2.05) is 0 Å². The number of hydrogen-bond donors (Lipinski definition) is 5. The molecular weight excluding hydrogens is 562 g/mol. The number of hydrogen-bond acceptors (Lipinski definition) is 8. The van der Waals surface area contributed by atoms with Gasteiger partial charge in [0.05, 0.1) is 19.3 Å². The molecule has 10 nitrogen and oxygen atoms in total. The van der Waals surface area contributed by atoms with Crippen molar-refractivity contribution in [2.24, 2.45) is 5.92 Å². The Morgan fingerprint density at radius 2 is 1.34 bits per heavy atom. The standard InChI is InChI=1S/C24H30N2O7.C10H21N/c27-13-18-4-8-21(9-5-18)32-16-23(30)25-12-2-1-3-20(15-29)26-24(31)17-33-22-10-6-19(14-28)7-11-22;1-11-9-10-7-5-3-2-4-6-8-10/h4-11,15,20,27-28H,1-3,12-14,16-17H2,(H,25,30)(H,26,31);10-11H,2-9H2,1H3. The average Bonchev–Trinajstić information content (AvgIpc) is 3.04. The second kappa shape index (κ2) is 23.0. The minimum atomic E-state index is -0.626. The van der Waals surface area contributed by atoms with Gasteiger partial charge in [-0.05, 0) is 87.0 Å². The van der Waals surface area contributed by atoms with Crippen LogP contribution in [0.2, 0.25) is 0 Å². The Balaban J connectivity index is 0.000000514. The highest BCUT2D eigenvalue weighted by atomic mass is 16.5. The first-order chi connectivity index (χ1) is 21.5. The highest BCUT2D eigenvalue weighted by Crippen LogP contribution is 2.21. The normalized spacial score (nSPS) is 14.2. The zero-order valence-electron chi connectivity index (χ0n) is 26.1. The fraction of sp³-hybridized carbons (Fsp3) is 0.559. The van der Waals surface area contributed by atoms with E-state index in [-0.39, 0.29) is 32.3 Å². The lowest BCUT2D eigenvalue weighted by Crippen LogP contribution is -2.39. The Morgan fingerprint density at radius 3 is 1.84 bits per heavy atom. The SMILES string of the molecule is CNCC1CCCCCCC1.O=CC(CCCCNC(=O)COc1ccc(CO)cc1)NC(=O)COc1ccc(CO)cc1. The summed E-state index contributed by atoms with van der Waals surface area (Å²) >= 11 is 0. The Bertz CT molecular complexity index is 1060. The molecule has 0 bridgehead atoms. The van der Waals surface area contributed by atoms with Gasteiger partial charge >= 0.3 is 0 Å². The fourth-order valence-electron chi connectivity index (χ4n) is 4.90. The summed E-state index contributed by atoms with van der Waals surface area (Å²) in [5.74, 6) is 1.34. The van der Waals surface area contributed by atoms with Gasteiger partial charge in [-0.1, -0.05) is 56.4 Å². The third-order valence-electron chi connectivity index (χ3n) is 7.44. The van der Waals surface area contributed by atoms with Crippen molar-refractivity contribution in [1.82, 2.24) is 16.0 Å². The van der Waals surface area contributed by atoms with E-state index in [0.29, 0.717) is 43.6 Å². The molecule has 10 heteroatoms. The number of aliphatic hydroxyl groups excluding tert-OH is 2. The van der Waals surface area contributed by atoms with Crippen LogP contribution in [0, 0.1) is 5.92 Å². The van der Waals surface area contributed by atoms with Gasteiger partial charge in [-0.15, -0.1) is 0 Å². The molecule has 5 N–H and O–H groups in total. The second-order valence-electron chi connectivity index (χ2n) is 11.1. The van der Waals surface area contributed by atoms with Gasteiger partial charge in [0, 0.05) is 6.54 Å². The zero-order chi connectivity index (χ0) is 31.8. The first-order valence-electron chi connectivity index (χ1n) is 15.8. The molecule has 1 saturated carbocycles. The molecule has 0 heterocycles. The lowest BCUT2D eigenvalue weighted by Gasteiger charge is -2.18. The quantitative estimate of drug-likeness (QED) is 0.134. The van der Waals surface area contributed by atoms with E-state index >= 15 is 0 Å². The smallest absolute Gasteiger partial charge is 0.258 e. The molecular formula is C34H51N3O7. The van der Waals surface area contributed by atoms with E-state index in [0.717, 1.165) is 17.0 Å². The van der Waals surface area contributed by atoms with E-state index in [1.54, 1.807) is 48.5 Å². The van der Waals surface area contributed by atoms with Crippen LogP contribution in [0.4, 0.5) is 0 Å². The molecule has 244 valence electrons. The molecule has 1 fully saturated rings. The number of rotatable bonds is 17. The lowest BCUT2D eigenvalue weighted by molar-refractivity contribution is -0.125. The molecule has 2 aromatic carbocycles. The molecule has 1 aliphatic rings. The van der Waals surface area contributed by atoms with Crippen LogP contribution in [0.3, 0.4) is 0 Å². The van der Waals surface area contributed by atoms with Crippen LogP contribution >= 0.6 is 0 Å². The number of aldehydes is 1. The molecule has 3 rings (SSSR count). The van der Waals surface area contributed by atoms with Crippen LogP contribution in [0.5, 0.6) is 11.5 Å². The van der Waals surface area contributed by atoms with Crippen LogP contribution in [-0.4, -0.2) is 67.7 Å². The fourth-order valence-corrected chi connectivity index (χ4v) is 4.90. The molecule has 1 atom stereocenters. The van der Waals surface area contributed by atoms with Gasteiger partial charge in [-0.2, -0.15) is 0 Å². The molecule has 0 radical (unpaired) electrons. The van der Waals surface area contributed by atoms with Gasteiger partial charge in [0.2, 0.25) is 0 Å². The monoisotopic (exact) mass is 613 g/mol. The van der Waals surface area contributed by atoms with Gasteiger partial charge in [0.25, 0.3) is 11.8 Å². The van der Waals surface area contributed by atoms with Crippen molar-refractivity contribution in [2.45, 2.75) is 83.5 Å². The van der Waals surface area contributed by atoms with E-state index in [4.69, 9.17) is 19.7 Å². The van der Waals surface area contributed by atoms with Gasteiger partial charge in [0.1, 0.15) is 17.8 Å². The van der Waals surface area contributed by atoms with Gasteiger partial charge in [-0.25, -0.2) is 0 Å². The van der Waals surface area contributed by atoms with Crippen molar-refractivity contribution in [3.8, 4) is 11.5 Å². The second-order valence-corrected chi connectivity index (χ2v) is 11.1. The van der Waals surface area contributed by atoms with E-state index in [2.05, 4.69) is 23.0 Å². The maximum absolute atomic E-state index is 12.0. The average molecular weight is 614 g/mol. The maximum atomic E-state index is 12.0. The molecule has 0 saturated heterocycles. The molecule has 2 amide bonds. The Morgan fingerprint density at radius 1 is 0.818 bits per heavy atom. The lowest BCUT2D eigenvalue weighted by atomic mass is 9.91. The predicted octanol–water partition coefficient (Wildman–Crippen LogP) is 3.67. The summed E-state index contributed by atoms with van der Waals surface area (Å²) in [6, 6.07) is 12.9.